The largest absolute Gasteiger partial charge is 0.497 e. The molecule has 1 fully saturated rings. The monoisotopic (exact) mass is 512 g/mol. The molecule has 9 heteroatoms. The van der Waals surface area contributed by atoms with Gasteiger partial charge in [-0.15, -0.1) is 23.4 Å². The zero-order valence-corrected chi connectivity index (χ0v) is 20.7. The highest BCUT2D eigenvalue weighted by molar-refractivity contribution is 8.00. The van der Waals surface area contributed by atoms with Crippen molar-refractivity contribution in [1.82, 2.24) is 10.2 Å². The van der Waals surface area contributed by atoms with Crippen molar-refractivity contribution in [3.63, 3.8) is 0 Å². The molecule has 0 aliphatic carbocycles. The molecular formula is C26H25ClN2O5S. The van der Waals surface area contributed by atoms with Gasteiger partial charge in [0, 0.05) is 11.6 Å². The third kappa shape index (κ3) is 5.71. The number of amides is 2. The van der Waals surface area contributed by atoms with Crippen LogP contribution >= 0.6 is 23.4 Å². The Hall–Kier alpha value is -3.23. The fourth-order valence-corrected chi connectivity index (χ4v) is 5.30. The summed E-state index contributed by atoms with van der Waals surface area (Å²) in [5.74, 6) is 0.294. The third-order valence-corrected chi connectivity index (χ3v) is 7.13. The molecule has 182 valence electrons. The minimum absolute atomic E-state index is 0.0515. The first-order valence-corrected chi connectivity index (χ1v) is 12.6. The van der Waals surface area contributed by atoms with Crippen LogP contribution in [0.1, 0.15) is 11.1 Å². The molecule has 2 aliphatic heterocycles. The van der Waals surface area contributed by atoms with Crippen LogP contribution in [0.3, 0.4) is 0 Å². The van der Waals surface area contributed by atoms with Crippen LogP contribution in [0.5, 0.6) is 5.75 Å². The summed E-state index contributed by atoms with van der Waals surface area (Å²) in [6, 6.07) is 15.8. The minimum atomic E-state index is -0.695. The number of carbonyl (C=O) groups is 3. The van der Waals surface area contributed by atoms with Crippen molar-refractivity contribution >= 4 is 41.1 Å². The van der Waals surface area contributed by atoms with Gasteiger partial charge in [0.1, 0.15) is 29.5 Å². The van der Waals surface area contributed by atoms with E-state index in [1.165, 1.54) is 16.7 Å². The number of halogens is 1. The number of allylic oxidation sites excluding steroid dienone is 2. The molecule has 2 aromatic rings. The van der Waals surface area contributed by atoms with E-state index in [4.69, 9.17) is 21.1 Å². The first-order valence-electron chi connectivity index (χ1n) is 11.1. The maximum Gasteiger partial charge on any atom is 0.355 e. The van der Waals surface area contributed by atoms with Gasteiger partial charge in [0.05, 0.1) is 13.5 Å². The van der Waals surface area contributed by atoms with Crippen molar-refractivity contribution in [3.8, 4) is 5.75 Å². The van der Waals surface area contributed by atoms with Crippen LogP contribution in [-0.4, -0.2) is 52.8 Å². The van der Waals surface area contributed by atoms with E-state index in [2.05, 4.69) is 5.32 Å². The van der Waals surface area contributed by atoms with E-state index >= 15 is 0 Å². The third-order valence-electron chi connectivity index (χ3n) is 5.65. The summed E-state index contributed by atoms with van der Waals surface area (Å²) in [5, 5.41) is 2.45. The Morgan fingerprint density at radius 2 is 1.89 bits per heavy atom. The number of nitrogens with one attached hydrogen (secondary N) is 1. The summed E-state index contributed by atoms with van der Waals surface area (Å²) in [6.07, 6.45) is 3.64. The number of thioether (sulfide) groups is 1. The number of carbonyl (C=O) groups excluding carboxylic acids is 3. The van der Waals surface area contributed by atoms with Gasteiger partial charge >= 0.3 is 5.97 Å². The van der Waals surface area contributed by atoms with Crippen LogP contribution in [0.15, 0.2) is 78.0 Å². The van der Waals surface area contributed by atoms with Gasteiger partial charge in [-0.3, -0.25) is 14.5 Å². The SMILES string of the molecule is COc1ccc(COC(=O)C2=C(/C=C/CCl)CSC3C(NC(=O)Cc4ccccc4)C(=O)N23)cc1. The average Bonchev–Trinajstić information content (AvgIpc) is 2.89. The summed E-state index contributed by atoms with van der Waals surface area (Å²) in [5.41, 5.74) is 2.51. The molecule has 0 saturated carbocycles. The number of esters is 1. The number of hydrogen-bond acceptors (Lipinski definition) is 6. The highest BCUT2D eigenvalue weighted by atomic mass is 35.5. The molecule has 1 N–H and O–H groups in total. The zero-order chi connectivity index (χ0) is 24.8. The number of ether oxygens (including phenoxy) is 2. The number of nitrogens with zero attached hydrogens (tertiary/aromatic N) is 1. The second-order valence-corrected chi connectivity index (χ2v) is 9.39. The van der Waals surface area contributed by atoms with Gasteiger partial charge in [-0.1, -0.05) is 54.6 Å². The lowest BCUT2D eigenvalue weighted by atomic mass is 10.0. The van der Waals surface area contributed by atoms with Crippen molar-refractivity contribution < 1.29 is 23.9 Å². The minimum Gasteiger partial charge on any atom is -0.497 e. The highest BCUT2D eigenvalue weighted by Crippen LogP contribution is 2.41. The Morgan fingerprint density at radius 1 is 1.14 bits per heavy atom. The molecule has 7 nitrogen and oxygen atoms in total. The molecule has 1 saturated heterocycles. The molecule has 2 unspecified atom stereocenters. The lowest BCUT2D eigenvalue weighted by molar-refractivity contribution is -0.153. The van der Waals surface area contributed by atoms with E-state index < -0.39 is 12.0 Å². The molecule has 2 atom stereocenters. The van der Waals surface area contributed by atoms with E-state index in [-0.39, 0.29) is 41.8 Å². The molecule has 0 aromatic heterocycles. The fourth-order valence-electron chi connectivity index (χ4n) is 3.89. The van der Waals surface area contributed by atoms with Crippen LogP contribution < -0.4 is 10.1 Å². The molecule has 0 radical (unpaired) electrons. The first-order chi connectivity index (χ1) is 17.0. The molecule has 4 rings (SSSR count). The van der Waals surface area contributed by atoms with Crippen LogP contribution in [0.2, 0.25) is 0 Å². The van der Waals surface area contributed by atoms with Crippen molar-refractivity contribution in [1.29, 1.82) is 0 Å². The van der Waals surface area contributed by atoms with Gasteiger partial charge in [0.15, 0.2) is 0 Å². The summed E-state index contributed by atoms with van der Waals surface area (Å²) in [6.45, 7) is 0.0515. The standard InChI is InChI=1S/C26H25ClN2O5S/c1-33-20-11-9-18(10-12-20)15-34-26(32)23-19(8-5-13-27)16-35-25-22(24(31)29(23)25)28-21(30)14-17-6-3-2-4-7-17/h2-12,22,25H,13-16H2,1H3,(H,28,30)/b8-5+. The number of fused-ring (bicyclic) bond motifs is 1. The number of hydrogen-bond donors (Lipinski definition) is 1. The molecular weight excluding hydrogens is 488 g/mol. The number of β-lactam (4-membered cyclic amide) rings is 1. The highest BCUT2D eigenvalue weighted by Gasteiger charge is 2.54. The Kier molecular flexibility index (Phi) is 8.15. The molecule has 2 heterocycles. The quantitative estimate of drug-likeness (QED) is 0.315. The van der Waals surface area contributed by atoms with Crippen LogP contribution in [0.25, 0.3) is 0 Å². The summed E-state index contributed by atoms with van der Waals surface area (Å²) in [7, 11) is 1.58. The number of rotatable bonds is 9. The van der Waals surface area contributed by atoms with Crippen molar-refractivity contribution in [2.75, 3.05) is 18.7 Å². The number of benzene rings is 2. The average molecular weight is 513 g/mol. The Balaban J connectivity index is 1.46. The summed E-state index contributed by atoms with van der Waals surface area (Å²) in [4.78, 5) is 40.1. The van der Waals surface area contributed by atoms with E-state index in [9.17, 15) is 14.4 Å². The van der Waals surface area contributed by atoms with Gasteiger partial charge in [0.2, 0.25) is 5.91 Å². The second kappa shape index (κ2) is 11.5. The molecule has 35 heavy (non-hydrogen) atoms. The van der Waals surface area contributed by atoms with E-state index in [1.807, 2.05) is 30.3 Å². The zero-order valence-electron chi connectivity index (χ0n) is 19.1. The maximum atomic E-state index is 13.1. The molecule has 0 spiro atoms. The Labute approximate surface area is 213 Å². The van der Waals surface area contributed by atoms with Crippen molar-refractivity contribution in [2.24, 2.45) is 0 Å². The van der Waals surface area contributed by atoms with Gasteiger partial charge in [0.25, 0.3) is 5.91 Å². The van der Waals surface area contributed by atoms with Gasteiger partial charge < -0.3 is 14.8 Å². The predicted octanol–water partition coefficient (Wildman–Crippen LogP) is 3.43. The van der Waals surface area contributed by atoms with Crippen molar-refractivity contribution in [3.05, 3.63) is 89.1 Å². The van der Waals surface area contributed by atoms with Gasteiger partial charge in [-0.2, -0.15) is 0 Å². The summed E-state index contributed by atoms with van der Waals surface area (Å²) >= 11 is 7.29. The topological polar surface area (TPSA) is 84.9 Å². The molecule has 2 amide bonds. The number of methoxy groups -OCH3 is 1. The van der Waals surface area contributed by atoms with Crippen LogP contribution in [-0.2, 0) is 32.1 Å². The molecule has 2 aromatic carbocycles. The molecule has 2 aliphatic rings. The Morgan fingerprint density at radius 3 is 2.57 bits per heavy atom. The lowest BCUT2D eigenvalue weighted by Gasteiger charge is -2.49. The van der Waals surface area contributed by atoms with Gasteiger partial charge in [-0.05, 0) is 28.8 Å². The fraction of sp³-hybridized carbons (Fsp3) is 0.269. The predicted molar refractivity (Wildman–Crippen MR) is 135 cm³/mol. The van der Waals surface area contributed by atoms with Crippen LogP contribution in [0.4, 0.5) is 0 Å². The molecule has 0 bridgehead atoms. The second-order valence-electron chi connectivity index (χ2n) is 7.97. The number of alkyl halides is 1. The summed E-state index contributed by atoms with van der Waals surface area (Å²) < 4.78 is 10.7. The van der Waals surface area contributed by atoms with E-state index in [0.29, 0.717) is 17.1 Å². The smallest absolute Gasteiger partial charge is 0.355 e. The van der Waals surface area contributed by atoms with Crippen LogP contribution in [0, 0.1) is 0 Å². The van der Waals surface area contributed by atoms with E-state index in [0.717, 1.165) is 11.1 Å². The normalized spacial score (nSPS) is 19.3. The lowest BCUT2D eigenvalue weighted by Crippen LogP contribution is -2.70. The Bertz CT molecular complexity index is 1150. The maximum absolute atomic E-state index is 13.1. The first kappa shape index (κ1) is 24.9. The van der Waals surface area contributed by atoms with Crippen molar-refractivity contribution in [2.45, 2.75) is 24.4 Å². The van der Waals surface area contributed by atoms with Gasteiger partial charge in [-0.25, -0.2) is 4.79 Å². The van der Waals surface area contributed by atoms with E-state index in [1.54, 1.807) is 43.5 Å².